The number of benzene rings is 1. The van der Waals surface area contributed by atoms with E-state index in [1.165, 1.54) is 0 Å². The molecule has 2 saturated heterocycles. The molecule has 4 aromatic rings. The Labute approximate surface area is 255 Å². The van der Waals surface area contributed by atoms with Gasteiger partial charge in [0, 0.05) is 50.3 Å². The number of ether oxygens (including phenoxy) is 3. The van der Waals surface area contributed by atoms with E-state index in [2.05, 4.69) is 35.7 Å². The maximum absolute atomic E-state index is 6.43. The van der Waals surface area contributed by atoms with Crippen LogP contribution >= 0.6 is 11.6 Å². The van der Waals surface area contributed by atoms with E-state index >= 15 is 0 Å². The molecule has 0 saturated carbocycles. The van der Waals surface area contributed by atoms with Crippen molar-refractivity contribution in [2.75, 3.05) is 38.2 Å². The summed E-state index contributed by atoms with van der Waals surface area (Å²) >= 11 is 6.43. The van der Waals surface area contributed by atoms with Gasteiger partial charge >= 0.3 is 0 Å². The van der Waals surface area contributed by atoms with Gasteiger partial charge in [0.05, 0.1) is 30.4 Å². The van der Waals surface area contributed by atoms with E-state index in [-0.39, 0.29) is 6.10 Å². The minimum Gasteiger partial charge on any atom is -0.487 e. The molecule has 228 valence electrons. The molecule has 5 heterocycles. The van der Waals surface area contributed by atoms with Crippen molar-refractivity contribution in [3.63, 3.8) is 0 Å². The molecule has 13 nitrogen and oxygen atoms in total. The summed E-state index contributed by atoms with van der Waals surface area (Å²) in [5, 5.41) is 19.8. The fourth-order valence-electron chi connectivity index (χ4n) is 5.67. The van der Waals surface area contributed by atoms with Crippen molar-refractivity contribution in [2.45, 2.75) is 64.3 Å². The molecule has 0 spiro atoms. The van der Waals surface area contributed by atoms with Crippen molar-refractivity contribution in [1.82, 2.24) is 44.9 Å². The van der Waals surface area contributed by atoms with E-state index in [1.54, 1.807) is 29.5 Å². The van der Waals surface area contributed by atoms with Crippen LogP contribution in [0, 0.1) is 0 Å². The average Bonchev–Trinajstić information content (AvgIpc) is 3.69. The lowest BCUT2D eigenvalue weighted by Gasteiger charge is -2.39. The Morgan fingerprint density at radius 3 is 2.58 bits per heavy atom. The second kappa shape index (κ2) is 13.7. The lowest BCUT2D eigenvalue weighted by molar-refractivity contribution is 0.0212. The van der Waals surface area contributed by atoms with Crippen LogP contribution in [0.1, 0.15) is 45.6 Å². The zero-order valence-corrected chi connectivity index (χ0v) is 25.2. The van der Waals surface area contributed by atoms with Crippen LogP contribution in [0.4, 0.5) is 11.6 Å². The molecule has 0 aliphatic carbocycles. The first-order valence-electron chi connectivity index (χ1n) is 14.9. The molecule has 6 rings (SSSR count). The van der Waals surface area contributed by atoms with Gasteiger partial charge in [0.1, 0.15) is 23.9 Å². The highest BCUT2D eigenvalue weighted by atomic mass is 35.5. The molecule has 2 fully saturated rings. The fourth-order valence-corrected chi connectivity index (χ4v) is 5.84. The van der Waals surface area contributed by atoms with E-state index in [4.69, 9.17) is 30.9 Å². The third-order valence-electron chi connectivity index (χ3n) is 7.89. The summed E-state index contributed by atoms with van der Waals surface area (Å²) in [6, 6.07) is 6.57. The Morgan fingerprint density at radius 1 is 1.07 bits per heavy atom. The van der Waals surface area contributed by atoms with Crippen LogP contribution in [0.25, 0.3) is 11.1 Å². The fraction of sp³-hybridized carbons (Fsp3) is 0.517. The van der Waals surface area contributed by atoms with E-state index in [0.29, 0.717) is 47.8 Å². The summed E-state index contributed by atoms with van der Waals surface area (Å²) in [6.07, 6.45) is 11.3. The normalized spacial score (nSPS) is 17.6. The number of nitrogens with zero attached hydrogens (tertiary/aromatic N) is 9. The smallest absolute Gasteiger partial charge is 0.256 e. The van der Waals surface area contributed by atoms with E-state index in [0.717, 1.165) is 68.8 Å². The maximum Gasteiger partial charge on any atom is 0.256 e. The molecule has 1 aromatic carbocycles. The van der Waals surface area contributed by atoms with Gasteiger partial charge in [-0.25, -0.2) is 14.6 Å². The van der Waals surface area contributed by atoms with Crippen LogP contribution in [0.3, 0.4) is 0 Å². The SMILES string of the molecule is CCOc1nn(C2CCN(C3CCOCC3)CC2)cc1Nc1ncc(-c2ccc(Cl)c(O[C@@H](C)Cn3cnnn3)c2)cn1. The van der Waals surface area contributed by atoms with Gasteiger partial charge in [0.15, 0.2) is 0 Å². The number of rotatable bonds is 11. The number of tetrazole rings is 1. The second-order valence-electron chi connectivity index (χ2n) is 10.9. The molecule has 43 heavy (non-hydrogen) atoms. The predicted octanol–water partition coefficient (Wildman–Crippen LogP) is 4.41. The number of nitrogens with one attached hydrogen (secondary N) is 1. The van der Waals surface area contributed by atoms with Crippen LogP contribution in [0.5, 0.6) is 11.6 Å². The maximum atomic E-state index is 6.43. The molecule has 0 bridgehead atoms. The molecule has 1 N–H and O–H groups in total. The Morgan fingerprint density at radius 2 is 1.86 bits per heavy atom. The van der Waals surface area contributed by atoms with Crippen molar-refractivity contribution in [2.24, 2.45) is 0 Å². The first-order valence-corrected chi connectivity index (χ1v) is 15.2. The molecule has 2 aliphatic heterocycles. The molecule has 3 aromatic heterocycles. The van der Waals surface area contributed by atoms with Crippen molar-refractivity contribution in [3.8, 4) is 22.8 Å². The lowest BCUT2D eigenvalue weighted by Crippen LogP contribution is -2.44. The van der Waals surface area contributed by atoms with Gasteiger partial charge in [0.25, 0.3) is 5.88 Å². The zero-order chi connectivity index (χ0) is 29.6. The molecular weight excluding hydrogens is 572 g/mol. The monoisotopic (exact) mass is 608 g/mol. The van der Waals surface area contributed by atoms with Gasteiger partial charge < -0.3 is 24.4 Å². The van der Waals surface area contributed by atoms with Gasteiger partial charge in [-0.05, 0) is 67.7 Å². The van der Waals surface area contributed by atoms with Crippen LogP contribution < -0.4 is 14.8 Å². The van der Waals surface area contributed by atoms with E-state index < -0.39 is 0 Å². The Hall–Kier alpha value is -3.81. The molecule has 0 amide bonds. The summed E-state index contributed by atoms with van der Waals surface area (Å²) in [6.45, 7) is 8.79. The standard InChI is InChI=1S/C29H37ClN10O3/c1-3-42-28-26(18-40(35-28)24-6-10-38(11-7-24)23-8-12-41-13-9-23)34-29-31-15-22(16-32-29)21-4-5-25(30)27(14-21)43-20(2)17-39-19-33-36-37-39/h4-5,14-16,18-20,23-24H,3,6-13,17H2,1-2H3,(H,31,32,34)/t20-/m0/s1. The minimum atomic E-state index is -0.195. The molecule has 14 heteroatoms. The largest absolute Gasteiger partial charge is 0.487 e. The number of hydrogen-bond acceptors (Lipinski definition) is 11. The molecule has 0 unspecified atom stereocenters. The Bertz CT molecular complexity index is 1450. The van der Waals surface area contributed by atoms with Crippen LogP contribution in [0.2, 0.25) is 5.02 Å². The Kier molecular flexibility index (Phi) is 9.30. The van der Waals surface area contributed by atoms with Gasteiger partial charge in [-0.2, -0.15) is 0 Å². The highest BCUT2D eigenvalue weighted by Crippen LogP contribution is 2.33. The predicted molar refractivity (Wildman–Crippen MR) is 161 cm³/mol. The lowest BCUT2D eigenvalue weighted by atomic mass is 10.00. The van der Waals surface area contributed by atoms with Crippen molar-refractivity contribution in [3.05, 3.63) is 48.1 Å². The van der Waals surface area contributed by atoms with Crippen molar-refractivity contribution in [1.29, 1.82) is 0 Å². The zero-order valence-electron chi connectivity index (χ0n) is 24.5. The third kappa shape index (κ3) is 7.23. The summed E-state index contributed by atoms with van der Waals surface area (Å²) < 4.78 is 21.1. The molecule has 0 radical (unpaired) electrons. The highest BCUT2D eigenvalue weighted by Gasteiger charge is 2.28. The number of likely N-dealkylation sites (tertiary alicyclic amines) is 1. The summed E-state index contributed by atoms with van der Waals surface area (Å²) in [5.74, 6) is 1.57. The van der Waals surface area contributed by atoms with Gasteiger partial charge in [0.2, 0.25) is 5.95 Å². The minimum absolute atomic E-state index is 0.195. The number of anilines is 2. The summed E-state index contributed by atoms with van der Waals surface area (Å²) in [7, 11) is 0. The quantitative estimate of drug-likeness (QED) is 0.260. The molecule has 2 aliphatic rings. The van der Waals surface area contributed by atoms with Gasteiger partial charge in [-0.3, -0.25) is 4.68 Å². The number of aromatic nitrogens is 8. The summed E-state index contributed by atoms with van der Waals surface area (Å²) in [4.78, 5) is 11.8. The number of piperidine rings is 1. The van der Waals surface area contributed by atoms with Crippen LogP contribution in [-0.4, -0.2) is 89.9 Å². The first-order chi connectivity index (χ1) is 21.1. The van der Waals surface area contributed by atoms with Crippen molar-refractivity contribution < 1.29 is 14.2 Å². The Balaban J connectivity index is 1.10. The van der Waals surface area contributed by atoms with Crippen molar-refractivity contribution >= 4 is 23.2 Å². The molecule has 1 atom stereocenters. The molecular formula is C29H37ClN10O3. The van der Waals surface area contributed by atoms with Gasteiger partial charge in [-0.15, -0.1) is 10.2 Å². The second-order valence-corrected chi connectivity index (χ2v) is 11.3. The number of halogens is 1. The highest BCUT2D eigenvalue weighted by molar-refractivity contribution is 6.32. The first kappa shape index (κ1) is 29.3. The van der Waals surface area contributed by atoms with Crippen LogP contribution in [0.15, 0.2) is 43.1 Å². The summed E-state index contributed by atoms with van der Waals surface area (Å²) in [5.41, 5.74) is 2.47. The average molecular weight is 609 g/mol. The number of hydrogen-bond donors (Lipinski definition) is 1. The van der Waals surface area contributed by atoms with E-state index in [1.807, 2.05) is 36.9 Å². The topological polar surface area (TPSA) is 130 Å². The van der Waals surface area contributed by atoms with Gasteiger partial charge in [-0.1, -0.05) is 17.7 Å². The van der Waals surface area contributed by atoms with Crippen LogP contribution in [-0.2, 0) is 11.3 Å². The third-order valence-corrected chi connectivity index (χ3v) is 8.20. The van der Waals surface area contributed by atoms with E-state index in [9.17, 15) is 0 Å².